The SMILES string of the molecule is COC(=O)[C@@H]1N[C@@H]([C@H](NC(=O)COc2ccccc2)C(=O)NCc2ccc(OC)cc2)SC1(C)C. The van der Waals surface area contributed by atoms with E-state index in [0.717, 1.165) is 5.56 Å². The van der Waals surface area contributed by atoms with Crippen LogP contribution < -0.4 is 25.4 Å². The molecule has 2 aromatic rings. The summed E-state index contributed by atoms with van der Waals surface area (Å²) in [6.07, 6.45) is 0. The molecule has 188 valence electrons. The fourth-order valence-electron chi connectivity index (χ4n) is 3.63. The first-order chi connectivity index (χ1) is 16.7. The van der Waals surface area contributed by atoms with Crippen molar-refractivity contribution in [1.29, 1.82) is 0 Å². The first kappa shape index (κ1) is 26.4. The van der Waals surface area contributed by atoms with Gasteiger partial charge in [0, 0.05) is 11.3 Å². The summed E-state index contributed by atoms with van der Waals surface area (Å²) in [5, 5.41) is 8.24. The van der Waals surface area contributed by atoms with Crippen LogP contribution in [-0.2, 0) is 25.7 Å². The Kier molecular flexibility index (Phi) is 9.00. The normalized spacial score (nSPS) is 19.3. The molecule has 0 aliphatic carbocycles. The van der Waals surface area contributed by atoms with Crippen LogP contribution in [0.15, 0.2) is 54.6 Å². The van der Waals surface area contributed by atoms with Crippen molar-refractivity contribution in [2.45, 2.75) is 42.6 Å². The van der Waals surface area contributed by atoms with E-state index in [9.17, 15) is 14.4 Å². The number of carbonyl (C=O) groups is 3. The Bertz CT molecular complexity index is 1020. The summed E-state index contributed by atoms with van der Waals surface area (Å²) in [5.74, 6) is -0.0174. The molecule has 0 saturated carbocycles. The molecular formula is C25H31N3O6S. The first-order valence-electron chi connectivity index (χ1n) is 11.1. The fourth-order valence-corrected chi connectivity index (χ4v) is 5.12. The summed E-state index contributed by atoms with van der Waals surface area (Å²) in [6.45, 7) is 3.78. The summed E-state index contributed by atoms with van der Waals surface area (Å²) in [4.78, 5) is 38.2. The minimum Gasteiger partial charge on any atom is -0.497 e. The molecule has 1 aliphatic rings. The first-order valence-corrected chi connectivity index (χ1v) is 12.0. The zero-order valence-electron chi connectivity index (χ0n) is 20.2. The maximum absolute atomic E-state index is 13.2. The molecule has 0 aromatic heterocycles. The Hall–Kier alpha value is -3.24. The van der Waals surface area contributed by atoms with E-state index in [1.54, 1.807) is 43.5 Å². The molecule has 1 fully saturated rings. The highest BCUT2D eigenvalue weighted by atomic mass is 32.2. The van der Waals surface area contributed by atoms with Gasteiger partial charge in [-0.15, -0.1) is 11.8 Å². The minimum atomic E-state index is -0.959. The molecule has 35 heavy (non-hydrogen) atoms. The number of thioether (sulfide) groups is 1. The monoisotopic (exact) mass is 501 g/mol. The summed E-state index contributed by atoms with van der Waals surface area (Å²) >= 11 is 1.39. The van der Waals surface area contributed by atoms with Gasteiger partial charge in [0.05, 0.1) is 19.6 Å². The molecule has 1 aliphatic heterocycles. The third-order valence-electron chi connectivity index (χ3n) is 5.53. The van der Waals surface area contributed by atoms with E-state index in [1.807, 2.05) is 32.0 Å². The number of hydrogen-bond acceptors (Lipinski definition) is 8. The van der Waals surface area contributed by atoms with Crippen LogP contribution in [0.5, 0.6) is 11.5 Å². The number of amides is 2. The lowest BCUT2D eigenvalue weighted by molar-refractivity contribution is -0.143. The molecule has 2 amide bonds. The molecule has 1 saturated heterocycles. The van der Waals surface area contributed by atoms with Crippen LogP contribution in [0.25, 0.3) is 0 Å². The highest BCUT2D eigenvalue weighted by molar-refractivity contribution is 8.01. The molecule has 9 nitrogen and oxygen atoms in total. The van der Waals surface area contributed by atoms with Gasteiger partial charge in [0.2, 0.25) is 5.91 Å². The van der Waals surface area contributed by atoms with Crippen LogP contribution in [0.3, 0.4) is 0 Å². The molecule has 0 radical (unpaired) electrons. The van der Waals surface area contributed by atoms with Crippen molar-refractivity contribution in [3.63, 3.8) is 0 Å². The van der Waals surface area contributed by atoms with E-state index in [0.29, 0.717) is 11.5 Å². The average Bonchev–Trinajstić information content (AvgIpc) is 3.19. The maximum atomic E-state index is 13.2. The summed E-state index contributed by atoms with van der Waals surface area (Å²) in [5.41, 5.74) is 0.872. The van der Waals surface area contributed by atoms with E-state index in [4.69, 9.17) is 14.2 Å². The molecule has 0 bridgehead atoms. The summed E-state index contributed by atoms with van der Waals surface area (Å²) < 4.78 is 15.0. The number of carbonyl (C=O) groups excluding carboxylic acids is 3. The Morgan fingerprint density at radius 3 is 2.34 bits per heavy atom. The Morgan fingerprint density at radius 2 is 1.71 bits per heavy atom. The number of benzene rings is 2. The molecule has 2 aromatic carbocycles. The number of methoxy groups -OCH3 is 2. The number of hydrogen-bond donors (Lipinski definition) is 3. The second-order valence-electron chi connectivity index (χ2n) is 8.48. The van der Waals surface area contributed by atoms with Crippen molar-refractivity contribution >= 4 is 29.5 Å². The van der Waals surface area contributed by atoms with Crippen molar-refractivity contribution in [2.24, 2.45) is 0 Å². The van der Waals surface area contributed by atoms with Crippen LogP contribution in [0, 0.1) is 0 Å². The molecule has 3 rings (SSSR count). The number of esters is 1. The van der Waals surface area contributed by atoms with Gasteiger partial charge in [0.15, 0.2) is 6.61 Å². The topological polar surface area (TPSA) is 115 Å². The second-order valence-corrected chi connectivity index (χ2v) is 10.3. The minimum absolute atomic E-state index is 0.256. The van der Waals surface area contributed by atoms with Crippen LogP contribution in [0.1, 0.15) is 19.4 Å². The standard InChI is InChI=1S/C25H31N3O6S/c1-25(2)21(24(31)33-4)28-23(35-25)20(27-19(29)15-34-18-8-6-5-7-9-18)22(30)26-14-16-10-12-17(32-3)13-11-16/h5-13,20-21,23,28H,14-15H2,1-4H3,(H,26,30)(H,27,29)/t20-,21+,23-/m1/s1. The van der Waals surface area contributed by atoms with Crippen LogP contribution >= 0.6 is 11.8 Å². The molecular weight excluding hydrogens is 470 g/mol. The summed E-state index contributed by atoms with van der Waals surface area (Å²) in [7, 11) is 2.90. The van der Waals surface area contributed by atoms with Gasteiger partial charge in [-0.2, -0.15) is 0 Å². The Balaban J connectivity index is 1.70. The Labute approximate surface area is 209 Å². The van der Waals surface area contributed by atoms with Crippen LogP contribution in [-0.4, -0.2) is 60.8 Å². The van der Waals surface area contributed by atoms with Crippen molar-refractivity contribution < 1.29 is 28.6 Å². The van der Waals surface area contributed by atoms with Gasteiger partial charge >= 0.3 is 5.97 Å². The average molecular weight is 502 g/mol. The van der Waals surface area contributed by atoms with Gasteiger partial charge in [-0.05, 0) is 43.7 Å². The van der Waals surface area contributed by atoms with E-state index in [2.05, 4.69) is 16.0 Å². The molecule has 3 N–H and O–H groups in total. The second kappa shape index (κ2) is 11.9. The smallest absolute Gasteiger partial charge is 0.324 e. The predicted molar refractivity (Wildman–Crippen MR) is 133 cm³/mol. The highest BCUT2D eigenvalue weighted by Crippen LogP contribution is 2.39. The third-order valence-corrected chi connectivity index (χ3v) is 7.04. The van der Waals surface area contributed by atoms with E-state index >= 15 is 0 Å². The largest absolute Gasteiger partial charge is 0.497 e. The lowest BCUT2D eigenvalue weighted by atomic mass is 10.0. The highest BCUT2D eigenvalue weighted by Gasteiger charge is 2.49. The molecule has 1 heterocycles. The summed E-state index contributed by atoms with van der Waals surface area (Å²) in [6, 6.07) is 14.6. The lowest BCUT2D eigenvalue weighted by Crippen LogP contribution is -2.57. The number of nitrogens with one attached hydrogen (secondary N) is 3. The quantitative estimate of drug-likeness (QED) is 0.423. The van der Waals surface area contributed by atoms with Crippen molar-refractivity contribution in [3.8, 4) is 11.5 Å². The van der Waals surface area contributed by atoms with Crippen LogP contribution in [0.2, 0.25) is 0 Å². The van der Waals surface area contributed by atoms with Crippen LogP contribution in [0.4, 0.5) is 0 Å². The van der Waals surface area contributed by atoms with Gasteiger partial charge in [-0.1, -0.05) is 30.3 Å². The molecule has 0 spiro atoms. The molecule has 0 unspecified atom stereocenters. The lowest BCUT2D eigenvalue weighted by Gasteiger charge is -2.25. The number of rotatable bonds is 10. The van der Waals surface area contributed by atoms with E-state index in [-0.39, 0.29) is 19.1 Å². The predicted octanol–water partition coefficient (Wildman–Crippen LogP) is 1.86. The zero-order chi connectivity index (χ0) is 25.4. The van der Waals surface area contributed by atoms with Gasteiger partial charge in [-0.25, -0.2) is 0 Å². The van der Waals surface area contributed by atoms with Crippen molar-refractivity contribution in [1.82, 2.24) is 16.0 Å². The van der Waals surface area contributed by atoms with Crippen molar-refractivity contribution in [3.05, 3.63) is 60.2 Å². The van der Waals surface area contributed by atoms with E-state index in [1.165, 1.54) is 18.9 Å². The van der Waals surface area contributed by atoms with Gasteiger partial charge in [0.25, 0.3) is 5.91 Å². The molecule has 3 atom stereocenters. The zero-order valence-corrected chi connectivity index (χ0v) is 21.0. The third kappa shape index (κ3) is 7.12. The number of ether oxygens (including phenoxy) is 3. The van der Waals surface area contributed by atoms with Gasteiger partial charge in [0.1, 0.15) is 23.6 Å². The Morgan fingerprint density at radius 1 is 1.03 bits per heavy atom. The maximum Gasteiger partial charge on any atom is 0.324 e. The van der Waals surface area contributed by atoms with E-state index < -0.39 is 34.1 Å². The fraction of sp³-hybridized carbons (Fsp3) is 0.400. The molecule has 10 heteroatoms. The number of para-hydroxylation sites is 1. The van der Waals surface area contributed by atoms with Gasteiger partial charge < -0.3 is 24.8 Å². The van der Waals surface area contributed by atoms with Gasteiger partial charge in [-0.3, -0.25) is 19.7 Å². The van der Waals surface area contributed by atoms with Crippen molar-refractivity contribution in [2.75, 3.05) is 20.8 Å².